The number of carbonyl (C=O) groups is 2. The van der Waals surface area contributed by atoms with E-state index in [1.54, 1.807) is 6.07 Å². The number of quaternary nitrogens is 1. The molecule has 1 aliphatic rings. The van der Waals surface area contributed by atoms with Crippen LogP contribution in [0.3, 0.4) is 0 Å². The summed E-state index contributed by atoms with van der Waals surface area (Å²) in [5, 5.41) is 5.30. The van der Waals surface area contributed by atoms with Crippen LogP contribution in [0.4, 0.5) is 5.69 Å². The highest BCUT2D eigenvalue weighted by Gasteiger charge is 2.15. The van der Waals surface area contributed by atoms with Crippen LogP contribution in [0.2, 0.25) is 0 Å². The molecule has 1 aromatic carbocycles. The Kier molecular flexibility index (Phi) is 6.55. The lowest BCUT2D eigenvalue weighted by atomic mass is 10.1. The maximum atomic E-state index is 11.9. The Morgan fingerprint density at radius 1 is 1.13 bits per heavy atom. The summed E-state index contributed by atoms with van der Waals surface area (Å²) in [4.78, 5) is 25.2. The van der Waals surface area contributed by atoms with Crippen molar-refractivity contribution < 1.29 is 19.2 Å². The summed E-state index contributed by atoms with van der Waals surface area (Å²) < 4.78 is 5.30. The molecule has 2 rings (SSSR count). The third-order valence-corrected chi connectivity index (χ3v) is 4.16. The molecule has 1 aromatic rings. The van der Waals surface area contributed by atoms with Crippen LogP contribution in [-0.4, -0.2) is 51.2 Å². The van der Waals surface area contributed by atoms with Gasteiger partial charge in [0.2, 0.25) is 0 Å². The number of ether oxygens (including phenoxy) is 1. The number of hydrogen-bond donors (Lipinski definition) is 3. The zero-order valence-corrected chi connectivity index (χ0v) is 13.9. The number of nitrogens with one attached hydrogen (secondary N) is 3. The molecule has 1 aliphatic heterocycles. The Morgan fingerprint density at radius 2 is 1.87 bits per heavy atom. The summed E-state index contributed by atoms with van der Waals surface area (Å²) in [5.74, 6) is -1.20. The van der Waals surface area contributed by atoms with Crippen LogP contribution >= 0.6 is 0 Å². The summed E-state index contributed by atoms with van der Waals surface area (Å²) in [6, 6.07) is 5.59. The minimum Gasteiger partial charge on any atom is -0.370 e. The normalized spacial score (nSPS) is 15.2. The van der Waals surface area contributed by atoms with E-state index in [0.717, 1.165) is 50.4 Å². The van der Waals surface area contributed by atoms with Gasteiger partial charge in [-0.1, -0.05) is 6.07 Å². The molecule has 0 aromatic heterocycles. The maximum absolute atomic E-state index is 11.9. The van der Waals surface area contributed by atoms with E-state index < -0.39 is 11.8 Å². The van der Waals surface area contributed by atoms with Crippen molar-refractivity contribution in [1.82, 2.24) is 5.32 Å². The van der Waals surface area contributed by atoms with Gasteiger partial charge >= 0.3 is 11.8 Å². The average molecular weight is 320 g/mol. The van der Waals surface area contributed by atoms with E-state index in [4.69, 9.17) is 4.74 Å². The van der Waals surface area contributed by atoms with Gasteiger partial charge in [-0.25, -0.2) is 0 Å². The molecule has 6 heteroatoms. The number of aryl methyl sites for hydroxylation is 2. The molecular weight excluding hydrogens is 294 g/mol. The first-order chi connectivity index (χ1) is 11.1. The van der Waals surface area contributed by atoms with Gasteiger partial charge in [0.15, 0.2) is 0 Å². The summed E-state index contributed by atoms with van der Waals surface area (Å²) in [6.45, 7) is 9.12. The monoisotopic (exact) mass is 320 g/mol. The van der Waals surface area contributed by atoms with Crippen LogP contribution < -0.4 is 15.5 Å². The average Bonchev–Trinajstić information content (AvgIpc) is 2.55. The van der Waals surface area contributed by atoms with E-state index in [9.17, 15) is 9.59 Å². The molecule has 3 N–H and O–H groups in total. The molecule has 0 unspecified atom stereocenters. The van der Waals surface area contributed by atoms with E-state index in [2.05, 4.69) is 10.6 Å². The number of benzene rings is 1. The molecule has 6 nitrogen and oxygen atoms in total. The Hall–Kier alpha value is -1.92. The van der Waals surface area contributed by atoms with E-state index in [1.807, 2.05) is 26.0 Å². The Balaban J connectivity index is 1.68. The van der Waals surface area contributed by atoms with Crippen LogP contribution in [0.5, 0.6) is 0 Å². The molecule has 1 heterocycles. The molecule has 0 aliphatic carbocycles. The second-order valence-electron chi connectivity index (χ2n) is 5.97. The van der Waals surface area contributed by atoms with Crippen molar-refractivity contribution in [2.75, 3.05) is 44.7 Å². The summed E-state index contributed by atoms with van der Waals surface area (Å²) in [7, 11) is 0. The Morgan fingerprint density at radius 3 is 2.57 bits per heavy atom. The lowest BCUT2D eigenvalue weighted by molar-refractivity contribution is -0.908. The van der Waals surface area contributed by atoms with Crippen molar-refractivity contribution in [3.63, 3.8) is 0 Å². The molecule has 23 heavy (non-hydrogen) atoms. The SMILES string of the molecule is Cc1ccc(NC(=O)C(=O)NCCC[NH+]2CCOCC2)cc1C. The first-order valence-electron chi connectivity index (χ1n) is 8.14. The molecule has 2 amide bonds. The summed E-state index contributed by atoms with van der Waals surface area (Å²) in [6.07, 6.45) is 0.859. The van der Waals surface area contributed by atoms with Gasteiger partial charge in [-0.05, 0) is 37.1 Å². The fourth-order valence-corrected chi connectivity index (χ4v) is 2.54. The number of rotatable bonds is 5. The number of amides is 2. The van der Waals surface area contributed by atoms with Crippen molar-refractivity contribution in [2.45, 2.75) is 20.3 Å². The topological polar surface area (TPSA) is 71.9 Å². The fraction of sp³-hybridized carbons (Fsp3) is 0.529. The predicted octanol–water partition coefficient (Wildman–Crippen LogP) is -0.337. The van der Waals surface area contributed by atoms with Crippen LogP contribution in [0.25, 0.3) is 0 Å². The lowest BCUT2D eigenvalue weighted by Gasteiger charge is -2.23. The number of morpholine rings is 1. The lowest BCUT2D eigenvalue weighted by Crippen LogP contribution is -3.14. The number of carbonyl (C=O) groups excluding carboxylic acids is 2. The van der Waals surface area contributed by atoms with Gasteiger partial charge in [0, 0.05) is 18.7 Å². The van der Waals surface area contributed by atoms with Gasteiger partial charge in [-0.3, -0.25) is 9.59 Å². The second kappa shape index (κ2) is 8.64. The highest BCUT2D eigenvalue weighted by molar-refractivity contribution is 6.39. The van der Waals surface area contributed by atoms with E-state index in [1.165, 1.54) is 4.90 Å². The molecule has 126 valence electrons. The van der Waals surface area contributed by atoms with Gasteiger partial charge in [0.05, 0.1) is 19.8 Å². The molecular formula is C17H26N3O3+. The van der Waals surface area contributed by atoms with E-state index >= 15 is 0 Å². The van der Waals surface area contributed by atoms with Gasteiger partial charge < -0.3 is 20.3 Å². The van der Waals surface area contributed by atoms with Crippen LogP contribution in [0.1, 0.15) is 17.5 Å². The largest absolute Gasteiger partial charge is 0.370 e. The molecule has 0 spiro atoms. The zero-order valence-electron chi connectivity index (χ0n) is 13.9. The van der Waals surface area contributed by atoms with Gasteiger partial charge in [-0.15, -0.1) is 0 Å². The Bertz CT molecular complexity index is 554. The smallest absolute Gasteiger partial charge is 0.313 e. The van der Waals surface area contributed by atoms with Crippen molar-refractivity contribution in [1.29, 1.82) is 0 Å². The number of hydrogen-bond acceptors (Lipinski definition) is 3. The van der Waals surface area contributed by atoms with Crippen molar-refractivity contribution in [3.05, 3.63) is 29.3 Å². The molecule has 1 saturated heterocycles. The molecule has 0 saturated carbocycles. The van der Waals surface area contributed by atoms with Crippen molar-refractivity contribution in [3.8, 4) is 0 Å². The van der Waals surface area contributed by atoms with E-state index in [-0.39, 0.29) is 0 Å². The second-order valence-corrected chi connectivity index (χ2v) is 5.97. The first kappa shape index (κ1) is 17.4. The van der Waals surface area contributed by atoms with E-state index in [0.29, 0.717) is 12.2 Å². The predicted molar refractivity (Wildman–Crippen MR) is 88.6 cm³/mol. The van der Waals surface area contributed by atoms with Crippen LogP contribution in [0, 0.1) is 13.8 Å². The first-order valence-corrected chi connectivity index (χ1v) is 8.14. The standard InChI is InChI=1S/C17H25N3O3/c1-13-4-5-15(12-14(13)2)19-17(22)16(21)18-6-3-7-20-8-10-23-11-9-20/h4-5,12H,3,6-11H2,1-2H3,(H,18,21)(H,19,22)/p+1. The minimum absolute atomic E-state index is 0.517. The molecule has 0 atom stereocenters. The summed E-state index contributed by atoms with van der Waals surface area (Å²) >= 11 is 0. The quantitative estimate of drug-likeness (QED) is 0.514. The fourth-order valence-electron chi connectivity index (χ4n) is 2.54. The van der Waals surface area contributed by atoms with Crippen molar-refractivity contribution in [2.24, 2.45) is 0 Å². The third-order valence-electron chi connectivity index (χ3n) is 4.16. The highest BCUT2D eigenvalue weighted by atomic mass is 16.5. The summed E-state index contributed by atoms with van der Waals surface area (Å²) in [5.41, 5.74) is 2.88. The Labute approximate surface area is 137 Å². The highest BCUT2D eigenvalue weighted by Crippen LogP contribution is 2.13. The van der Waals surface area contributed by atoms with Crippen LogP contribution in [0.15, 0.2) is 18.2 Å². The van der Waals surface area contributed by atoms with Gasteiger partial charge in [0.25, 0.3) is 0 Å². The molecule has 0 bridgehead atoms. The minimum atomic E-state index is -0.619. The zero-order chi connectivity index (χ0) is 16.7. The molecule has 1 fully saturated rings. The molecule has 0 radical (unpaired) electrons. The van der Waals surface area contributed by atoms with Gasteiger partial charge in [0.1, 0.15) is 13.1 Å². The van der Waals surface area contributed by atoms with Crippen molar-refractivity contribution >= 4 is 17.5 Å². The third kappa shape index (κ3) is 5.65. The van der Waals surface area contributed by atoms with Crippen LogP contribution in [-0.2, 0) is 14.3 Å². The maximum Gasteiger partial charge on any atom is 0.313 e. The van der Waals surface area contributed by atoms with Gasteiger partial charge in [-0.2, -0.15) is 0 Å². The number of anilines is 1.